The van der Waals surface area contributed by atoms with Gasteiger partial charge < -0.3 is 15.2 Å². The molecular formula is C26H21Cl2N3O6S. The summed E-state index contributed by atoms with van der Waals surface area (Å²) in [6.45, 7) is 1.76. The molecule has 0 bridgehead atoms. The summed E-state index contributed by atoms with van der Waals surface area (Å²) in [4.78, 5) is 12.7. The molecule has 0 fully saturated rings. The van der Waals surface area contributed by atoms with Crippen molar-refractivity contribution >= 4 is 67.1 Å². The highest BCUT2D eigenvalue weighted by Crippen LogP contribution is 2.41. The Kier molecular flexibility index (Phi) is 7.89. The number of methoxy groups -OCH3 is 1. The highest BCUT2D eigenvalue weighted by atomic mass is 35.5. The highest BCUT2D eigenvalue weighted by Gasteiger charge is 2.21. The van der Waals surface area contributed by atoms with Crippen molar-refractivity contribution in [3.8, 4) is 11.5 Å². The Bertz CT molecular complexity index is 1710. The second kappa shape index (κ2) is 11.0. The number of nitrogens with zero attached hydrogens (tertiary/aromatic N) is 2. The van der Waals surface area contributed by atoms with Gasteiger partial charge in [-0.3, -0.25) is 9.35 Å². The number of aryl methyl sites for hydroxylation is 1. The number of ether oxygens (including phenoxy) is 1. The first kappa shape index (κ1) is 27.3. The number of carbonyl (C=O) groups excluding carboxylic acids is 1. The van der Waals surface area contributed by atoms with E-state index >= 15 is 0 Å². The number of phenolic OH excluding ortho intramolecular Hbond substituents is 1. The first-order valence-corrected chi connectivity index (χ1v) is 13.3. The molecule has 4 rings (SSSR count). The number of nitrogens with one attached hydrogen (secondary N) is 1. The molecule has 12 heteroatoms. The van der Waals surface area contributed by atoms with Crippen LogP contribution in [-0.4, -0.2) is 31.1 Å². The minimum absolute atomic E-state index is 0.0195. The molecule has 196 valence electrons. The number of amides is 1. The molecular weight excluding hydrogens is 553 g/mol. The van der Waals surface area contributed by atoms with Gasteiger partial charge in [-0.1, -0.05) is 54.4 Å². The molecule has 0 radical (unpaired) electrons. The normalized spacial score (nSPS) is 11.7. The lowest BCUT2D eigenvalue weighted by atomic mass is 10.0. The van der Waals surface area contributed by atoms with Crippen LogP contribution in [0.25, 0.3) is 10.8 Å². The van der Waals surface area contributed by atoms with E-state index in [9.17, 15) is 22.9 Å². The van der Waals surface area contributed by atoms with Gasteiger partial charge in [0.05, 0.1) is 34.1 Å². The molecule has 0 atom stereocenters. The average Bonchev–Trinajstić information content (AvgIpc) is 2.88. The van der Waals surface area contributed by atoms with Gasteiger partial charge in [0, 0.05) is 11.5 Å². The highest BCUT2D eigenvalue weighted by molar-refractivity contribution is 7.86. The number of azo groups is 1. The van der Waals surface area contributed by atoms with Crippen LogP contribution >= 0.6 is 23.2 Å². The zero-order valence-electron chi connectivity index (χ0n) is 20.1. The molecule has 38 heavy (non-hydrogen) atoms. The smallest absolute Gasteiger partial charge is 0.296 e. The Balaban J connectivity index is 1.79. The van der Waals surface area contributed by atoms with Gasteiger partial charge >= 0.3 is 0 Å². The Morgan fingerprint density at radius 2 is 1.76 bits per heavy atom. The van der Waals surface area contributed by atoms with E-state index in [-0.39, 0.29) is 27.0 Å². The van der Waals surface area contributed by atoms with Gasteiger partial charge in [0.15, 0.2) is 5.75 Å². The summed E-state index contributed by atoms with van der Waals surface area (Å²) < 4.78 is 37.8. The Morgan fingerprint density at radius 3 is 2.42 bits per heavy atom. The molecule has 0 aliphatic carbocycles. The molecule has 9 nitrogen and oxygen atoms in total. The maximum absolute atomic E-state index is 13.2. The van der Waals surface area contributed by atoms with E-state index in [0.29, 0.717) is 34.2 Å². The number of carbonyl (C=O) groups is 1. The van der Waals surface area contributed by atoms with Crippen molar-refractivity contribution in [3.63, 3.8) is 0 Å². The summed E-state index contributed by atoms with van der Waals surface area (Å²) in [7, 11) is -3.05. The molecule has 0 saturated carbocycles. The predicted molar refractivity (Wildman–Crippen MR) is 146 cm³/mol. The predicted octanol–water partition coefficient (Wildman–Crippen LogP) is 7.34. The standard InChI is InChI=1S/C26H21Cl2N3O6S/c1-3-14-11-23(38(34,35)36)20(28)13-22(14)30-31-24-17-7-5-4-6-15(17)10-18(25(24)32)26(33)29-21-9-8-16(37-2)12-19(21)27/h4-13,32H,3H2,1-2H3,(H,29,33)(H,34,35,36). The fraction of sp³-hybridized carbons (Fsp3) is 0.115. The van der Waals surface area contributed by atoms with Crippen LogP contribution < -0.4 is 10.1 Å². The number of benzene rings is 4. The number of fused-ring (bicyclic) bond motifs is 1. The van der Waals surface area contributed by atoms with Crippen molar-refractivity contribution in [1.82, 2.24) is 0 Å². The van der Waals surface area contributed by atoms with E-state index in [2.05, 4.69) is 15.5 Å². The van der Waals surface area contributed by atoms with Crippen LogP contribution in [0.5, 0.6) is 11.5 Å². The third-order valence-corrected chi connectivity index (χ3v) is 7.35. The van der Waals surface area contributed by atoms with Gasteiger partial charge in [-0.2, -0.15) is 13.5 Å². The van der Waals surface area contributed by atoms with Gasteiger partial charge in [-0.05, 0) is 47.7 Å². The van der Waals surface area contributed by atoms with Crippen molar-refractivity contribution in [2.24, 2.45) is 10.2 Å². The molecule has 1 amide bonds. The van der Waals surface area contributed by atoms with Crippen molar-refractivity contribution in [1.29, 1.82) is 0 Å². The van der Waals surface area contributed by atoms with E-state index in [1.165, 1.54) is 25.3 Å². The lowest BCUT2D eigenvalue weighted by molar-refractivity contribution is 0.102. The van der Waals surface area contributed by atoms with Gasteiger partial charge in [0.25, 0.3) is 16.0 Å². The second-order valence-electron chi connectivity index (χ2n) is 8.08. The molecule has 3 N–H and O–H groups in total. The second-order valence-corrected chi connectivity index (χ2v) is 10.3. The van der Waals surface area contributed by atoms with E-state index in [4.69, 9.17) is 27.9 Å². The number of aromatic hydroxyl groups is 1. The lowest BCUT2D eigenvalue weighted by Crippen LogP contribution is -2.12. The summed E-state index contributed by atoms with van der Waals surface area (Å²) >= 11 is 12.3. The maximum Gasteiger partial charge on any atom is 0.296 e. The fourth-order valence-electron chi connectivity index (χ4n) is 3.77. The molecule has 0 aliphatic rings. The Hall–Kier alpha value is -3.70. The monoisotopic (exact) mass is 573 g/mol. The summed E-state index contributed by atoms with van der Waals surface area (Å²) in [6.07, 6.45) is 0.353. The lowest BCUT2D eigenvalue weighted by Gasteiger charge is -2.13. The van der Waals surface area contributed by atoms with E-state index < -0.39 is 26.7 Å². The summed E-state index contributed by atoms with van der Waals surface area (Å²) in [5, 5.41) is 23.3. The van der Waals surface area contributed by atoms with E-state index in [1.807, 2.05) is 0 Å². The number of phenols is 1. The van der Waals surface area contributed by atoms with E-state index in [0.717, 1.165) is 0 Å². The Morgan fingerprint density at radius 1 is 1.03 bits per heavy atom. The number of hydrogen-bond donors (Lipinski definition) is 3. The average molecular weight is 574 g/mol. The zero-order valence-corrected chi connectivity index (χ0v) is 22.4. The SMILES string of the molecule is CCc1cc(S(=O)(=O)O)c(Cl)cc1N=Nc1c(O)c(C(=O)Nc2ccc(OC)cc2Cl)cc2ccccc12. The zero-order chi connectivity index (χ0) is 27.6. The largest absolute Gasteiger partial charge is 0.505 e. The minimum Gasteiger partial charge on any atom is -0.505 e. The number of hydrogen-bond acceptors (Lipinski definition) is 7. The summed E-state index contributed by atoms with van der Waals surface area (Å²) in [5.74, 6) is -0.541. The third kappa shape index (κ3) is 5.58. The minimum atomic E-state index is -4.54. The number of anilines is 1. The van der Waals surface area contributed by atoms with Crippen LogP contribution in [0, 0.1) is 0 Å². The van der Waals surface area contributed by atoms with Crippen LogP contribution in [0.1, 0.15) is 22.8 Å². The summed E-state index contributed by atoms with van der Waals surface area (Å²) in [6, 6.07) is 15.7. The maximum atomic E-state index is 13.2. The van der Waals surface area contributed by atoms with Crippen molar-refractivity contribution in [2.75, 3.05) is 12.4 Å². The van der Waals surface area contributed by atoms with Crippen LogP contribution in [0.3, 0.4) is 0 Å². The molecule has 0 aromatic heterocycles. The molecule has 0 unspecified atom stereocenters. The van der Waals surface area contributed by atoms with Crippen molar-refractivity contribution < 1.29 is 27.6 Å². The molecule has 0 aliphatic heterocycles. The molecule has 4 aromatic rings. The van der Waals surface area contributed by atoms with Crippen LogP contribution in [0.15, 0.2) is 75.8 Å². The molecule has 0 heterocycles. The third-order valence-electron chi connectivity index (χ3n) is 5.71. The fourth-order valence-corrected chi connectivity index (χ4v) is 5.03. The molecule has 0 spiro atoms. The molecule has 4 aromatic carbocycles. The van der Waals surface area contributed by atoms with Crippen molar-refractivity contribution in [2.45, 2.75) is 18.2 Å². The number of halogens is 2. The van der Waals surface area contributed by atoms with Gasteiger partial charge in [0.1, 0.15) is 16.3 Å². The van der Waals surface area contributed by atoms with Crippen LogP contribution in [0.2, 0.25) is 10.0 Å². The topological polar surface area (TPSA) is 138 Å². The molecule has 0 saturated heterocycles. The van der Waals surface area contributed by atoms with Gasteiger partial charge in [0.2, 0.25) is 0 Å². The Labute approximate surface area is 228 Å². The van der Waals surface area contributed by atoms with Gasteiger partial charge in [-0.25, -0.2) is 0 Å². The first-order valence-electron chi connectivity index (χ1n) is 11.1. The quantitative estimate of drug-likeness (QED) is 0.156. The summed E-state index contributed by atoms with van der Waals surface area (Å²) in [5.41, 5.74) is 0.936. The van der Waals surface area contributed by atoms with Crippen molar-refractivity contribution in [3.05, 3.63) is 81.8 Å². The number of rotatable bonds is 7. The van der Waals surface area contributed by atoms with Crippen LogP contribution in [0.4, 0.5) is 17.1 Å². The van der Waals surface area contributed by atoms with Crippen LogP contribution in [-0.2, 0) is 16.5 Å². The first-order chi connectivity index (χ1) is 18.0. The van der Waals surface area contributed by atoms with E-state index in [1.54, 1.807) is 49.4 Å². The van der Waals surface area contributed by atoms with Gasteiger partial charge in [-0.15, -0.1) is 5.11 Å².